The Bertz CT molecular complexity index is 421. The van der Waals surface area contributed by atoms with Crippen LogP contribution in [-0.2, 0) is 16.0 Å². The minimum Gasteiger partial charge on any atom is -0.481 e. The number of pyridine rings is 1. The first kappa shape index (κ1) is 13.3. The van der Waals surface area contributed by atoms with Gasteiger partial charge < -0.3 is 9.47 Å². The van der Waals surface area contributed by atoms with E-state index in [9.17, 15) is 13.6 Å². The van der Waals surface area contributed by atoms with Crippen molar-refractivity contribution in [1.29, 1.82) is 0 Å². The molecule has 0 aliphatic rings. The maximum atomic E-state index is 12.8. The molecule has 1 heterocycles. The highest BCUT2D eigenvalue weighted by atomic mass is 19.3. The smallest absolute Gasteiger partial charge is 0.310 e. The zero-order chi connectivity index (χ0) is 13.0. The summed E-state index contributed by atoms with van der Waals surface area (Å²) in [4.78, 5) is 14.8. The molecule has 0 atom stereocenters. The van der Waals surface area contributed by atoms with E-state index in [1.165, 1.54) is 20.3 Å². The first-order valence-corrected chi connectivity index (χ1v) is 4.89. The maximum Gasteiger partial charge on any atom is 0.310 e. The molecule has 0 aliphatic heterocycles. The van der Waals surface area contributed by atoms with Crippen molar-refractivity contribution in [2.24, 2.45) is 0 Å². The van der Waals surface area contributed by atoms with Gasteiger partial charge in [0.05, 0.1) is 20.6 Å². The summed E-state index contributed by atoms with van der Waals surface area (Å²) in [5, 5.41) is 0. The summed E-state index contributed by atoms with van der Waals surface area (Å²) in [7, 11) is 2.55. The number of aryl methyl sites for hydroxylation is 1. The monoisotopic (exact) mass is 245 g/mol. The molecule has 1 aromatic heterocycles. The molecule has 0 bridgehead atoms. The Kier molecular flexibility index (Phi) is 4.37. The van der Waals surface area contributed by atoms with Crippen LogP contribution in [0.1, 0.15) is 23.2 Å². The van der Waals surface area contributed by atoms with Crippen LogP contribution in [0.25, 0.3) is 0 Å². The fourth-order valence-corrected chi connectivity index (χ4v) is 1.43. The number of esters is 1. The van der Waals surface area contributed by atoms with Crippen molar-refractivity contribution >= 4 is 5.97 Å². The lowest BCUT2D eigenvalue weighted by Crippen LogP contribution is -2.10. The van der Waals surface area contributed by atoms with E-state index in [-0.39, 0.29) is 17.9 Å². The van der Waals surface area contributed by atoms with Gasteiger partial charge in [0.15, 0.2) is 0 Å². The lowest BCUT2D eigenvalue weighted by Gasteiger charge is -2.11. The van der Waals surface area contributed by atoms with Crippen molar-refractivity contribution in [2.45, 2.75) is 19.8 Å². The third kappa shape index (κ3) is 3.12. The fraction of sp³-hybridized carbons (Fsp3) is 0.455. The van der Waals surface area contributed by atoms with Gasteiger partial charge in [0.25, 0.3) is 6.43 Å². The van der Waals surface area contributed by atoms with Crippen LogP contribution < -0.4 is 4.74 Å². The van der Waals surface area contributed by atoms with E-state index in [1.807, 2.05) is 0 Å². The summed E-state index contributed by atoms with van der Waals surface area (Å²) in [6.45, 7) is 1.67. The van der Waals surface area contributed by atoms with E-state index in [0.717, 1.165) is 0 Å². The Labute approximate surface area is 97.6 Å². The largest absolute Gasteiger partial charge is 0.481 e. The third-order valence-electron chi connectivity index (χ3n) is 2.24. The van der Waals surface area contributed by atoms with Gasteiger partial charge in [0.2, 0.25) is 5.88 Å². The highest BCUT2D eigenvalue weighted by Crippen LogP contribution is 2.26. The van der Waals surface area contributed by atoms with Crippen molar-refractivity contribution in [2.75, 3.05) is 14.2 Å². The number of hydrogen-bond donors (Lipinski definition) is 0. The Morgan fingerprint density at radius 3 is 2.59 bits per heavy atom. The Balaban J connectivity index is 3.18. The van der Waals surface area contributed by atoms with E-state index < -0.39 is 18.1 Å². The van der Waals surface area contributed by atoms with E-state index in [4.69, 9.17) is 4.74 Å². The first-order chi connectivity index (χ1) is 7.99. The van der Waals surface area contributed by atoms with Crippen LogP contribution in [0.3, 0.4) is 0 Å². The molecule has 0 amide bonds. The Hall–Kier alpha value is -1.72. The van der Waals surface area contributed by atoms with E-state index in [1.54, 1.807) is 6.92 Å². The van der Waals surface area contributed by atoms with Crippen molar-refractivity contribution < 1.29 is 23.0 Å². The molecule has 94 valence electrons. The molecule has 0 aliphatic carbocycles. The number of nitrogens with zero attached hydrogens (tertiary/aromatic N) is 1. The standard InChI is InChI=1S/C11H13F2NO3/c1-6-4-7(5-8(15)16-2)9(10(12)13)14-11(6)17-3/h4,10H,5H2,1-3H3. The molecule has 1 aromatic rings. The zero-order valence-corrected chi connectivity index (χ0v) is 9.79. The van der Waals surface area contributed by atoms with Crippen molar-refractivity contribution in [3.05, 3.63) is 22.9 Å². The predicted octanol–water partition coefficient (Wildman–Crippen LogP) is 2.05. The number of halogens is 2. The number of aromatic nitrogens is 1. The number of alkyl halides is 2. The predicted molar refractivity (Wildman–Crippen MR) is 56.2 cm³/mol. The van der Waals surface area contributed by atoms with Gasteiger partial charge in [0, 0.05) is 5.56 Å². The van der Waals surface area contributed by atoms with Crippen LogP contribution in [0.2, 0.25) is 0 Å². The molecule has 0 unspecified atom stereocenters. The number of hydrogen-bond acceptors (Lipinski definition) is 4. The molecule has 0 saturated carbocycles. The minimum absolute atomic E-state index is 0.133. The summed E-state index contributed by atoms with van der Waals surface area (Å²) >= 11 is 0. The lowest BCUT2D eigenvalue weighted by molar-refractivity contribution is -0.139. The summed E-state index contributed by atoms with van der Waals surface area (Å²) in [6, 6.07) is 1.46. The molecule has 0 aromatic carbocycles. The summed E-state index contributed by atoms with van der Waals surface area (Å²) in [5.74, 6) is -0.452. The molecule has 0 saturated heterocycles. The number of methoxy groups -OCH3 is 2. The molecule has 0 radical (unpaired) electrons. The van der Waals surface area contributed by atoms with Gasteiger partial charge >= 0.3 is 5.97 Å². The summed E-state index contributed by atoms with van der Waals surface area (Å²) in [6.07, 6.45) is -2.99. The van der Waals surface area contributed by atoms with Gasteiger partial charge in [-0.05, 0) is 18.6 Å². The highest BCUT2D eigenvalue weighted by molar-refractivity contribution is 5.72. The molecule has 4 nitrogen and oxygen atoms in total. The topological polar surface area (TPSA) is 48.4 Å². The van der Waals surface area contributed by atoms with Crippen LogP contribution in [0.15, 0.2) is 6.07 Å². The number of rotatable bonds is 4. The molecule has 1 rings (SSSR count). The fourth-order valence-electron chi connectivity index (χ4n) is 1.43. The van der Waals surface area contributed by atoms with Crippen LogP contribution in [0.4, 0.5) is 8.78 Å². The molecular formula is C11H13F2NO3. The SMILES string of the molecule is COC(=O)Cc1cc(C)c(OC)nc1C(F)F. The van der Waals surface area contributed by atoms with Gasteiger partial charge in [0.1, 0.15) is 5.69 Å². The van der Waals surface area contributed by atoms with E-state index in [2.05, 4.69) is 9.72 Å². The summed E-state index contributed by atoms with van der Waals surface area (Å²) < 4.78 is 34.8. The lowest BCUT2D eigenvalue weighted by atomic mass is 10.1. The second kappa shape index (κ2) is 5.56. The first-order valence-electron chi connectivity index (χ1n) is 4.89. The average Bonchev–Trinajstić information content (AvgIpc) is 2.28. The molecule has 0 fully saturated rings. The van der Waals surface area contributed by atoms with Gasteiger partial charge in [-0.1, -0.05) is 0 Å². The van der Waals surface area contributed by atoms with Crippen LogP contribution in [0, 0.1) is 6.92 Å². The number of carbonyl (C=O) groups is 1. The maximum absolute atomic E-state index is 12.8. The minimum atomic E-state index is -2.76. The number of carbonyl (C=O) groups excluding carboxylic acids is 1. The van der Waals surface area contributed by atoms with Gasteiger partial charge in [-0.2, -0.15) is 0 Å². The van der Waals surface area contributed by atoms with Crippen LogP contribution >= 0.6 is 0 Å². The van der Waals surface area contributed by atoms with Crippen molar-refractivity contribution in [3.8, 4) is 5.88 Å². The molecule has 17 heavy (non-hydrogen) atoms. The molecule has 0 N–H and O–H groups in total. The number of ether oxygens (including phenoxy) is 2. The van der Waals surface area contributed by atoms with E-state index in [0.29, 0.717) is 5.56 Å². The van der Waals surface area contributed by atoms with Crippen molar-refractivity contribution in [1.82, 2.24) is 4.98 Å². The molecule has 0 spiro atoms. The molecular weight excluding hydrogens is 232 g/mol. The second-order valence-electron chi connectivity index (χ2n) is 3.41. The Morgan fingerprint density at radius 1 is 1.47 bits per heavy atom. The van der Waals surface area contributed by atoms with Crippen LogP contribution in [-0.4, -0.2) is 25.2 Å². The summed E-state index contributed by atoms with van der Waals surface area (Å²) in [5.41, 5.74) is 0.304. The van der Waals surface area contributed by atoms with Crippen molar-refractivity contribution in [3.63, 3.8) is 0 Å². The quantitative estimate of drug-likeness (QED) is 0.762. The van der Waals surface area contributed by atoms with Gasteiger partial charge in [-0.15, -0.1) is 0 Å². The van der Waals surface area contributed by atoms with Gasteiger partial charge in [-0.25, -0.2) is 13.8 Å². The average molecular weight is 245 g/mol. The Morgan fingerprint density at radius 2 is 2.12 bits per heavy atom. The zero-order valence-electron chi connectivity index (χ0n) is 9.79. The molecule has 6 heteroatoms. The van der Waals surface area contributed by atoms with Crippen LogP contribution in [0.5, 0.6) is 5.88 Å². The highest BCUT2D eigenvalue weighted by Gasteiger charge is 2.20. The third-order valence-corrected chi connectivity index (χ3v) is 2.24. The van der Waals surface area contributed by atoms with E-state index >= 15 is 0 Å². The second-order valence-corrected chi connectivity index (χ2v) is 3.41. The normalized spacial score (nSPS) is 10.5. The van der Waals surface area contributed by atoms with Gasteiger partial charge in [-0.3, -0.25) is 4.79 Å².